The number of hydrogen-bond donors (Lipinski definition) is 3. The predicted molar refractivity (Wildman–Crippen MR) is 99.5 cm³/mol. The van der Waals surface area contributed by atoms with Crippen molar-refractivity contribution in [2.45, 2.75) is 45.3 Å². The number of benzene rings is 1. The number of aromatic nitrogens is 2. The summed E-state index contributed by atoms with van der Waals surface area (Å²) in [6.45, 7) is 8.46. The van der Waals surface area contributed by atoms with E-state index in [-0.39, 0.29) is 18.3 Å². The smallest absolute Gasteiger partial charge is 0.465 e. The average molecular weight is 357 g/mol. The fraction of sp³-hybridized carbons (Fsp3) is 0.444. The predicted octanol–water partition coefficient (Wildman–Crippen LogP) is 2.19. The zero-order valence-corrected chi connectivity index (χ0v) is 15.5. The number of H-pyrrole nitrogens is 1. The fourth-order valence-corrected chi connectivity index (χ4v) is 2.72. The Morgan fingerprint density at radius 3 is 2.38 bits per heavy atom. The lowest BCUT2D eigenvalue weighted by Gasteiger charge is -2.32. The maximum Gasteiger partial charge on any atom is 0.494 e. The van der Waals surface area contributed by atoms with Crippen molar-refractivity contribution in [3.05, 3.63) is 36.3 Å². The second-order valence-corrected chi connectivity index (χ2v) is 7.44. The van der Waals surface area contributed by atoms with Gasteiger partial charge in [0.15, 0.2) is 0 Å². The third kappa shape index (κ3) is 3.76. The molecule has 1 aromatic carbocycles. The van der Waals surface area contributed by atoms with Gasteiger partial charge >= 0.3 is 13.2 Å². The summed E-state index contributed by atoms with van der Waals surface area (Å²) >= 11 is 0. The van der Waals surface area contributed by atoms with Crippen molar-refractivity contribution in [2.75, 3.05) is 6.54 Å². The van der Waals surface area contributed by atoms with E-state index < -0.39 is 6.09 Å². The van der Waals surface area contributed by atoms with E-state index in [2.05, 4.69) is 15.3 Å². The number of amides is 1. The molecule has 8 heteroatoms. The third-order valence-electron chi connectivity index (χ3n) is 5.01. The van der Waals surface area contributed by atoms with Gasteiger partial charge in [-0.2, -0.15) is 0 Å². The van der Waals surface area contributed by atoms with Crippen LogP contribution in [0, 0.1) is 0 Å². The van der Waals surface area contributed by atoms with E-state index in [0.717, 1.165) is 22.5 Å². The van der Waals surface area contributed by atoms with E-state index in [1.54, 1.807) is 6.20 Å². The van der Waals surface area contributed by atoms with Crippen molar-refractivity contribution in [1.82, 2.24) is 15.3 Å². The van der Waals surface area contributed by atoms with Gasteiger partial charge < -0.3 is 24.7 Å². The topological polar surface area (TPSA) is 96.5 Å². The monoisotopic (exact) mass is 357 g/mol. The molecule has 7 nitrogen and oxygen atoms in total. The van der Waals surface area contributed by atoms with Crippen molar-refractivity contribution in [3.63, 3.8) is 0 Å². The van der Waals surface area contributed by atoms with Crippen molar-refractivity contribution in [3.8, 4) is 11.3 Å². The molecule has 1 aliphatic heterocycles. The van der Waals surface area contributed by atoms with Gasteiger partial charge in [-0.3, -0.25) is 0 Å². The van der Waals surface area contributed by atoms with Crippen molar-refractivity contribution in [1.29, 1.82) is 0 Å². The molecule has 1 aliphatic rings. The summed E-state index contributed by atoms with van der Waals surface area (Å²) in [5.41, 5.74) is 2.13. The van der Waals surface area contributed by atoms with Gasteiger partial charge in [0.25, 0.3) is 0 Å². The van der Waals surface area contributed by atoms with Crippen LogP contribution < -0.4 is 10.8 Å². The van der Waals surface area contributed by atoms with Gasteiger partial charge in [0.1, 0.15) is 5.82 Å². The second kappa shape index (κ2) is 6.77. The molecule has 0 radical (unpaired) electrons. The zero-order valence-electron chi connectivity index (χ0n) is 15.5. The lowest BCUT2D eigenvalue weighted by molar-refractivity contribution is 0.00578. The van der Waals surface area contributed by atoms with Crippen LogP contribution in [0.4, 0.5) is 4.79 Å². The first-order valence-corrected chi connectivity index (χ1v) is 8.65. The Kier molecular flexibility index (Phi) is 4.81. The van der Waals surface area contributed by atoms with E-state index >= 15 is 0 Å². The van der Waals surface area contributed by atoms with E-state index in [1.165, 1.54) is 0 Å². The highest BCUT2D eigenvalue weighted by atomic mass is 16.7. The molecule has 26 heavy (non-hydrogen) atoms. The van der Waals surface area contributed by atoms with Crippen molar-refractivity contribution < 1.29 is 19.2 Å². The van der Waals surface area contributed by atoms with Crippen LogP contribution >= 0.6 is 0 Å². The van der Waals surface area contributed by atoms with Crippen LogP contribution in [0.5, 0.6) is 0 Å². The number of imidazole rings is 1. The molecule has 0 saturated carbocycles. The highest BCUT2D eigenvalue weighted by Gasteiger charge is 2.51. The van der Waals surface area contributed by atoms with E-state index in [9.17, 15) is 4.79 Å². The minimum atomic E-state index is -1.03. The van der Waals surface area contributed by atoms with E-state index in [0.29, 0.717) is 13.0 Å². The first kappa shape index (κ1) is 18.5. The van der Waals surface area contributed by atoms with Crippen LogP contribution in [-0.2, 0) is 15.7 Å². The molecule has 1 aromatic heterocycles. The average Bonchev–Trinajstić information content (AvgIpc) is 3.10. The lowest BCUT2D eigenvalue weighted by Crippen LogP contribution is -2.41. The van der Waals surface area contributed by atoms with Crippen LogP contribution in [0.15, 0.2) is 30.5 Å². The van der Waals surface area contributed by atoms with Crippen LogP contribution in [0.25, 0.3) is 11.3 Å². The summed E-state index contributed by atoms with van der Waals surface area (Å²) in [6, 6.07) is 7.97. The number of carboxylic acid groups (broad SMARTS) is 1. The van der Waals surface area contributed by atoms with Gasteiger partial charge in [-0.1, -0.05) is 24.3 Å². The summed E-state index contributed by atoms with van der Waals surface area (Å²) in [4.78, 5) is 18.0. The molecule has 1 saturated heterocycles. The van der Waals surface area contributed by atoms with Crippen LogP contribution in [0.3, 0.4) is 0 Å². The Labute approximate surface area is 153 Å². The molecular weight excluding hydrogens is 333 g/mol. The van der Waals surface area contributed by atoms with Gasteiger partial charge in [0.05, 0.1) is 23.1 Å². The minimum absolute atomic E-state index is 0.323. The molecule has 2 heterocycles. The summed E-state index contributed by atoms with van der Waals surface area (Å²) in [6.07, 6.45) is 1.23. The summed E-state index contributed by atoms with van der Waals surface area (Å²) in [5.74, 6) is 0.740. The Morgan fingerprint density at radius 2 is 1.81 bits per heavy atom. The fourth-order valence-electron chi connectivity index (χ4n) is 2.72. The number of carbonyl (C=O) groups is 1. The Hall–Kier alpha value is -2.32. The zero-order chi connectivity index (χ0) is 18.9. The highest BCUT2D eigenvalue weighted by molar-refractivity contribution is 6.62. The number of rotatable bonds is 5. The summed E-state index contributed by atoms with van der Waals surface area (Å²) < 4.78 is 12.1. The van der Waals surface area contributed by atoms with Gasteiger partial charge in [-0.25, -0.2) is 9.78 Å². The molecule has 0 aliphatic carbocycles. The molecule has 138 valence electrons. The largest absolute Gasteiger partial charge is 0.494 e. The molecule has 0 spiro atoms. The molecule has 2 aromatic rings. The molecule has 3 rings (SSSR count). The Balaban J connectivity index is 1.67. The van der Waals surface area contributed by atoms with Crippen molar-refractivity contribution >= 4 is 18.7 Å². The number of nitrogens with one attached hydrogen (secondary N) is 2. The summed E-state index contributed by atoms with van der Waals surface area (Å²) in [7, 11) is -0.381. The molecule has 1 fully saturated rings. The van der Waals surface area contributed by atoms with Crippen LogP contribution in [0.1, 0.15) is 33.5 Å². The van der Waals surface area contributed by atoms with Crippen LogP contribution in [-0.4, -0.2) is 46.0 Å². The third-order valence-corrected chi connectivity index (χ3v) is 5.01. The van der Waals surface area contributed by atoms with Gasteiger partial charge in [-0.15, -0.1) is 0 Å². The van der Waals surface area contributed by atoms with Gasteiger partial charge in [-0.05, 0) is 38.7 Å². The second-order valence-electron chi connectivity index (χ2n) is 7.44. The first-order chi connectivity index (χ1) is 12.2. The van der Waals surface area contributed by atoms with E-state index in [4.69, 9.17) is 14.4 Å². The van der Waals surface area contributed by atoms with Gasteiger partial charge in [0, 0.05) is 13.0 Å². The molecule has 1 amide bonds. The highest BCUT2D eigenvalue weighted by Crippen LogP contribution is 2.36. The number of hydrogen-bond acceptors (Lipinski definition) is 4. The number of nitrogens with zero attached hydrogens (tertiary/aromatic N) is 1. The Morgan fingerprint density at radius 1 is 1.19 bits per heavy atom. The molecule has 3 N–H and O–H groups in total. The molecule has 0 atom stereocenters. The quantitative estimate of drug-likeness (QED) is 0.713. The maximum absolute atomic E-state index is 10.5. The van der Waals surface area contributed by atoms with Crippen molar-refractivity contribution in [2.24, 2.45) is 0 Å². The van der Waals surface area contributed by atoms with Crippen LogP contribution in [0.2, 0.25) is 0 Å². The molecule has 0 bridgehead atoms. The van der Waals surface area contributed by atoms with E-state index in [1.807, 2.05) is 52.0 Å². The number of aromatic amines is 1. The van der Waals surface area contributed by atoms with Gasteiger partial charge in [0.2, 0.25) is 0 Å². The SMILES string of the molecule is CC1(C)OB(c2ccc(-c3cnc(CCNC(=O)O)[nH]3)cc2)OC1(C)C. The normalized spacial score (nSPS) is 18.1. The summed E-state index contributed by atoms with van der Waals surface area (Å²) in [5, 5.41) is 10.9. The lowest BCUT2D eigenvalue weighted by atomic mass is 9.79. The first-order valence-electron chi connectivity index (χ1n) is 8.65. The maximum atomic E-state index is 10.5. The standard InChI is InChI=1S/C18H24BN3O4/c1-17(2)18(3,4)26-19(25-17)13-7-5-12(6-8-13)14-11-21-15(22-14)9-10-20-16(23)24/h5-8,11,20H,9-10H2,1-4H3,(H,21,22)(H,23,24). The molecular formula is C18H24BN3O4. The minimum Gasteiger partial charge on any atom is -0.465 e. The Bertz CT molecular complexity index is 770. The molecule has 0 unspecified atom stereocenters.